The van der Waals surface area contributed by atoms with Gasteiger partial charge in [-0.15, -0.1) is 0 Å². The van der Waals surface area contributed by atoms with Gasteiger partial charge in [0.25, 0.3) is 5.91 Å². The summed E-state index contributed by atoms with van der Waals surface area (Å²) < 4.78 is 7.33. The number of ether oxygens (including phenoxy) is 1. The van der Waals surface area contributed by atoms with E-state index in [0.29, 0.717) is 5.56 Å². The van der Waals surface area contributed by atoms with Gasteiger partial charge in [-0.1, -0.05) is 18.2 Å². The highest BCUT2D eigenvalue weighted by Crippen LogP contribution is 2.23. The number of hydrogen-bond donors (Lipinski definition) is 1. The van der Waals surface area contributed by atoms with Crippen LogP contribution in [0.25, 0.3) is 10.9 Å². The largest absolute Gasteiger partial charge is 0.449 e. The van der Waals surface area contributed by atoms with Crippen molar-refractivity contribution < 1.29 is 14.3 Å². The highest BCUT2D eigenvalue weighted by Gasteiger charge is 2.28. The Morgan fingerprint density at radius 1 is 1.36 bits per heavy atom. The van der Waals surface area contributed by atoms with Gasteiger partial charge in [0.1, 0.15) is 0 Å². The standard InChI is InChI=1S/C17H20N2O3/c1-3-19-10-14(13-6-4-5-7-15(13)19)17(21)22-11(2)16(20)18-12-8-9-12/h4-7,10-12H,3,8-9H2,1-2H3,(H,18,20). The number of rotatable bonds is 5. The molecular weight excluding hydrogens is 280 g/mol. The fourth-order valence-electron chi connectivity index (χ4n) is 2.49. The highest BCUT2D eigenvalue weighted by atomic mass is 16.5. The van der Waals surface area contributed by atoms with Crippen LogP contribution >= 0.6 is 0 Å². The molecule has 2 aromatic rings. The van der Waals surface area contributed by atoms with Crippen molar-refractivity contribution >= 4 is 22.8 Å². The van der Waals surface area contributed by atoms with Crippen LogP contribution in [0.15, 0.2) is 30.5 Å². The molecule has 1 heterocycles. The van der Waals surface area contributed by atoms with Crippen LogP contribution in [0.2, 0.25) is 0 Å². The molecule has 5 heteroatoms. The van der Waals surface area contributed by atoms with Crippen LogP contribution in [-0.2, 0) is 16.1 Å². The van der Waals surface area contributed by atoms with Gasteiger partial charge in [0.05, 0.1) is 5.56 Å². The monoisotopic (exact) mass is 300 g/mol. The minimum absolute atomic E-state index is 0.227. The minimum Gasteiger partial charge on any atom is -0.449 e. The van der Waals surface area contributed by atoms with Crippen LogP contribution in [0.5, 0.6) is 0 Å². The van der Waals surface area contributed by atoms with Crippen LogP contribution in [0.4, 0.5) is 0 Å². The number of nitrogens with one attached hydrogen (secondary N) is 1. The number of aryl methyl sites for hydroxylation is 1. The lowest BCUT2D eigenvalue weighted by Gasteiger charge is -2.12. The number of hydrogen-bond acceptors (Lipinski definition) is 3. The van der Waals surface area contributed by atoms with Crippen LogP contribution in [0, 0.1) is 0 Å². The van der Waals surface area contributed by atoms with E-state index in [1.165, 1.54) is 0 Å². The number of para-hydroxylation sites is 1. The average molecular weight is 300 g/mol. The molecule has 1 N–H and O–H groups in total. The summed E-state index contributed by atoms with van der Waals surface area (Å²) in [4.78, 5) is 24.3. The molecule has 116 valence electrons. The Labute approximate surface area is 129 Å². The summed E-state index contributed by atoms with van der Waals surface area (Å²) in [6.45, 7) is 4.40. The van der Waals surface area contributed by atoms with E-state index in [2.05, 4.69) is 5.32 Å². The van der Waals surface area contributed by atoms with Crippen LogP contribution in [-0.4, -0.2) is 28.6 Å². The number of nitrogens with zero attached hydrogens (tertiary/aromatic N) is 1. The smallest absolute Gasteiger partial charge is 0.341 e. The molecule has 0 bridgehead atoms. The molecule has 5 nitrogen and oxygen atoms in total. The van der Waals surface area contributed by atoms with Crippen LogP contribution < -0.4 is 5.32 Å². The molecule has 1 amide bonds. The number of carbonyl (C=O) groups excluding carboxylic acids is 2. The number of carbonyl (C=O) groups is 2. The first-order chi connectivity index (χ1) is 10.6. The molecule has 0 saturated heterocycles. The predicted octanol–water partition coefficient (Wildman–Crippen LogP) is 2.49. The van der Waals surface area contributed by atoms with Gasteiger partial charge in [-0.25, -0.2) is 4.79 Å². The second kappa shape index (κ2) is 5.83. The summed E-state index contributed by atoms with van der Waals surface area (Å²) in [7, 11) is 0. The van der Waals surface area contributed by atoms with Crippen molar-refractivity contribution in [3.05, 3.63) is 36.0 Å². The first-order valence-electron chi connectivity index (χ1n) is 7.69. The Morgan fingerprint density at radius 2 is 2.09 bits per heavy atom. The van der Waals surface area contributed by atoms with Crippen molar-refractivity contribution in [3.8, 4) is 0 Å². The van der Waals surface area contributed by atoms with Crippen molar-refractivity contribution in [1.29, 1.82) is 0 Å². The first kappa shape index (κ1) is 14.6. The van der Waals surface area contributed by atoms with Crippen molar-refractivity contribution in [2.24, 2.45) is 0 Å². The Kier molecular flexibility index (Phi) is 3.88. The van der Waals surface area contributed by atoms with E-state index in [0.717, 1.165) is 30.3 Å². The summed E-state index contributed by atoms with van der Waals surface area (Å²) in [6, 6.07) is 7.96. The van der Waals surface area contributed by atoms with Gasteiger partial charge in [-0.2, -0.15) is 0 Å². The van der Waals surface area contributed by atoms with Gasteiger partial charge in [0.2, 0.25) is 0 Å². The molecule has 0 aliphatic heterocycles. The van der Waals surface area contributed by atoms with E-state index in [4.69, 9.17) is 4.74 Å². The zero-order valence-electron chi connectivity index (χ0n) is 12.8. The van der Waals surface area contributed by atoms with Crippen LogP contribution in [0.1, 0.15) is 37.0 Å². The molecule has 1 unspecified atom stereocenters. The SMILES string of the molecule is CCn1cc(C(=O)OC(C)C(=O)NC2CC2)c2ccccc21. The van der Waals surface area contributed by atoms with E-state index in [1.54, 1.807) is 13.1 Å². The Hall–Kier alpha value is -2.30. The highest BCUT2D eigenvalue weighted by molar-refractivity contribution is 6.05. The fourth-order valence-corrected chi connectivity index (χ4v) is 2.49. The summed E-state index contributed by atoms with van der Waals surface area (Å²) in [5.74, 6) is -0.683. The van der Waals surface area contributed by atoms with Crippen molar-refractivity contribution in [1.82, 2.24) is 9.88 Å². The molecule has 0 spiro atoms. The van der Waals surface area contributed by atoms with Crippen LogP contribution in [0.3, 0.4) is 0 Å². The molecule has 0 radical (unpaired) electrons. The third kappa shape index (κ3) is 2.84. The second-order valence-electron chi connectivity index (χ2n) is 5.68. The number of benzene rings is 1. The Balaban J connectivity index is 1.78. The van der Waals surface area contributed by atoms with E-state index in [1.807, 2.05) is 35.8 Å². The number of aromatic nitrogens is 1. The summed E-state index contributed by atoms with van der Waals surface area (Å²) in [5, 5.41) is 3.69. The van der Waals surface area contributed by atoms with Gasteiger partial charge < -0.3 is 14.6 Å². The molecule has 1 aliphatic rings. The van der Waals surface area contributed by atoms with E-state index in [-0.39, 0.29) is 11.9 Å². The van der Waals surface area contributed by atoms with Gasteiger partial charge in [0.15, 0.2) is 6.10 Å². The third-order valence-electron chi connectivity index (χ3n) is 3.93. The third-order valence-corrected chi connectivity index (χ3v) is 3.93. The first-order valence-corrected chi connectivity index (χ1v) is 7.69. The van der Waals surface area contributed by atoms with Crippen molar-refractivity contribution in [2.75, 3.05) is 0 Å². The zero-order chi connectivity index (χ0) is 15.7. The Morgan fingerprint density at radius 3 is 2.77 bits per heavy atom. The predicted molar refractivity (Wildman–Crippen MR) is 83.7 cm³/mol. The lowest BCUT2D eigenvalue weighted by molar-refractivity contribution is -0.129. The molecular formula is C17H20N2O3. The zero-order valence-corrected chi connectivity index (χ0v) is 12.8. The summed E-state index contributed by atoms with van der Waals surface area (Å²) in [5.41, 5.74) is 1.50. The molecule has 1 aliphatic carbocycles. The maximum atomic E-state index is 12.4. The lowest BCUT2D eigenvalue weighted by atomic mass is 10.2. The molecule has 1 atom stereocenters. The molecule has 22 heavy (non-hydrogen) atoms. The molecule has 1 aromatic carbocycles. The lowest BCUT2D eigenvalue weighted by Crippen LogP contribution is -2.37. The van der Waals surface area contributed by atoms with Gasteiger partial charge in [0, 0.05) is 29.7 Å². The van der Waals surface area contributed by atoms with Gasteiger partial charge in [-0.05, 0) is 32.8 Å². The molecule has 1 aromatic heterocycles. The number of amides is 1. The van der Waals surface area contributed by atoms with Crippen molar-refractivity contribution in [3.63, 3.8) is 0 Å². The van der Waals surface area contributed by atoms with E-state index < -0.39 is 12.1 Å². The Bertz CT molecular complexity index is 716. The summed E-state index contributed by atoms with van der Waals surface area (Å²) in [6.07, 6.45) is 3.03. The molecule has 1 saturated carbocycles. The van der Waals surface area contributed by atoms with Gasteiger partial charge >= 0.3 is 5.97 Å². The molecule has 3 rings (SSSR count). The van der Waals surface area contributed by atoms with Gasteiger partial charge in [-0.3, -0.25) is 4.79 Å². The average Bonchev–Trinajstić information content (AvgIpc) is 3.25. The topological polar surface area (TPSA) is 60.3 Å². The quantitative estimate of drug-likeness (QED) is 0.863. The number of esters is 1. The minimum atomic E-state index is -0.781. The van der Waals surface area contributed by atoms with E-state index in [9.17, 15) is 9.59 Å². The fraction of sp³-hybridized carbons (Fsp3) is 0.412. The number of fused-ring (bicyclic) bond motifs is 1. The molecule has 1 fully saturated rings. The maximum Gasteiger partial charge on any atom is 0.341 e. The van der Waals surface area contributed by atoms with Crippen molar-refractivity contribution in [2.45, 2.75) is 45.4 Å². The summed E-state index contributed by atoms with van der Waals surface area (Å²) >= 11 is 0. The van der Waals surface area contributed by atoms with E-state index >= 15 is 0 Å². The maximum absolute atomic E-state index is 12.4. The second-order valence-corrected chi connectivity index (χ2v) is 5.68. The normalized spacial score (nSPS) is 15.5.